The molecular formula is C58H51N. The summed E-state index contributed by atoms with van der Waals surface area (Å²) in [7, 11) is 0. The molecule has 0 unspecified atom stereocenters. The number of hydrogen-bond acceptors (Lipinski definition) is 1. The molecule has 0 saturated heterocycles. The third kappa shape index (κ3) is 6.69. The number of rotatable bonds is 8. The van der Waals surface area contributed by atoms with Gasteiger partial charge in [0.1, 0.15) is 0 Å². The van der Waals surface area contributed by atoms with Crippen molar-refractivity contribution in [2.24, 2.45) is 0 Å². The summed E-state index contributed by atoms with van der Waals surface area (Å²) in [6.45, 7) is 7.01. The molecular weight excluding hydrogens is 711 g/mol. The Bertz CT molecular complexity index is 2770. The molecule has 1 nitrogen and oxygen atoms in total. The Hall–Kier alpha value is -6.44. The number of hydrogen-bond donors (Lipinski definition) is 0. The molecule has 2 aliphatic carbocycles. The van der Waals surface area contributed by atoms with Gasteiger partial charge in [0.15, 0.2) is 0 Å². The fourth-order valence-electron chi connectivity index (χ4n) is 10.1. The van der Waals surface area contributed by atoms with Crippen LogP contribution in [-0.4, -0.2) is 0 Å². The molecule has 1 saturated carbocycles. The van der Waals surface area contributed by atoms with E-state index >= 15 is 0 Å². The Morgan fingerprint density at radius 1 is 0.424 bits per heavy atom. The Labute approximate surface area is 350 Å². The number of para-hydroxylation sites is 1. The number of anilines is 3. The molecule has 0 spiro atoms. The molecule has 59 heavy (non-hydrogen) atoms. The van der Waals surface area contributed by atoms with Crippen molar-refractivity contribution in [1.82, 2.24) is 0 Å². The lowest BCUT2D eigenvalue weighted by molar-refractivity contribution is 0.443. The summed E-state index contributed by atoms with van der Waals surface area (Å²) in [5, 5.41) is 0. The summed E-state index contributed by atoms with van der Waals surface area (Å²) in [5.74, 6) is 0.708. The predicted molar refractivity (Wildman–Crippen MR) is 251 cm³/mol. The van der Waals surface area contributed by atoms with Gasteiger partial charge in [-0.15, -0.1) is 0 Å². The quantitative estimate of drug-likeness (QED) is 0.149. The van der Waals surface area contributed by atoms with Crippen molar-refractivity contribution in [3.8, 4) is 55.6 Å². The molecule has 0 amide bonds. The lowest BCUT2D eigenvalue weighted by Gasteiger charge is -2.30. The molecule has 0 aliphatic heterocycles. The van der Waals surface area contributed by atoms with Crippen LogP contribution in [0.3, 0.4) is 0 Å². The van der Waals surface area contributed by atoms with E-state index in [1.165, 1.54) is 110 Å². The maximum absolute atomic E-state index is 2.48. The first-order valence-corrected chi connectivity index (χ1v) is 21.5. The van der Waals surface area contributed by atoms with Gasteiger partial charge in [-0.3, -0.25) is 0 Å². The Balaban J connectivity index is 1.11. The molecule has 2 aliphatic rings. The Kier molecular flexibility index (Phi) is 9.61. The van der Waals surface area contributed by atoms with Crippen molar-refractivity contribution in [3.05, 3.63) is 210 Å². The number of fused-ring (bicyclic) bond motifs is 3. The van der Waals surface area contributed by atoms with E-state index in [4.69, 9.17) is 0 Å². The normalized spacial score (nSPS) is 14.4. The van der Waals surface area contributed by atoms with E-state index in [1.54, 1.807) is 0 Å². The molecule has 0 bridgehead atoms. The SMILES string of the molecule is Cc1cccc2c1-c1ccc(N(c3ccc(-c4ccc(C5CCCCC5)cc4)cc3)c3ccccc3-c3ccccc3-c3ccccc3-c3ccccc3)cc1C2(C)C. The van der Waals surface area contributed by atoms with Crippen molar-refractivity contribution >= 4 is 17.1 Å². The monoisotopic (exact) mass is 761 g/mol. The summed E-state index contributed by atoms with van der Waals surface area (Å²) in [5.41, 5.74) is 21.4. The Morgan fingerprint density at radius 2 is 0.983 bits per heavy atom. The molecule has 288 valence electrons. The average Bonchev–Trinajstić information content (AvgIpc) is 3.53. The smallest absolute Gasteiger partial charge is 0.0540 e. The van der Waals surface area contributed by atoms with Crippen LogP contribution in [-0.2, 0) is 5.41 Å². The van der Waals surface area contributed by atoms with Crippen LogP contribution >= 0.6 is 0 Å². The fourth-order valence-corrected chi connectivity index (χ4v) is 10.1. The van der Waals surface area contributed by atoms with Crippen LogP contribution in [0, 0.1) is 6.92 Å². The Morgan fingerprint density at radius 3 is 1.68 bits per heavy atom. The minimum Gasteiger partial charge on any atom is -0.310 e. The minimum absolute atomic E-state index is 0.126. The summed E-state index contributed by atoms with van der Waals surface area (Å²) in [6, 6.07) is 70.1. The summed E-state index contributed by atoms with van der Waals surface area (Å²) in [6.07, 6.45) is 6.73. The lowest BCUT2D eigenvalue weighted by atomic mass is 9.82. The van der Waals surface area contributed by atoms with Crippen LogP contribution in [0.1, 0.15) is 74.1 Å². The van der Waals surface area contributed by atoms with Gasteiger partial charge in [0.05, 0.1) is 5.69 Å². The molecule has 1 fully saturated rings. The van der Waals surface area contributed by atoms with Crippen LogP contribution in [0.15, 0.2) is 188 Å². The van der Waals surface area contributed by atoms with Gasteiger partial charge >= 0.3 is 0 Å². The molecule has 0 aromatic heterocycles. The summed E-state index contributed by atoms with van der Waals surface area (Å²) in [4.78, 5) is 2.48. The molecule has 8 aromatic carbocycles. The van der Waals surface area contributed by atoms with Crippen LogP contribution in [0.5, 0.6) is 0 Å². The first kappa shape index (κ1) is 36.9. The molecule has 10 rings (SSSR count). The van der Waals surface area contributed by atoms with Gasteiger partial charge in [0.25, 0.3) is 0 Å². The maximum atomic E-state index is 2.48. The van der Waals surface area contributed by atoms with E-state index < -0.39 is 0 Å². The van der Waals surface area contributed by atoms with E-state index in [9.17, 15) is 0 Å². The first-order valence-electron chi connectivity index (χ1n) is 21.5. The number of benzene rings is 8. The number of aryl methyl sites for hydroxylation is 1. The van der Waals surface area contributed by atoms with Gasteiger partial charge in [-0.05, 0) is 128 Å². The minimum atomic E-state index is -0.126. The van der Waals surface area contributed by atoms with Crippen molar-refractivity contribution in [2.45, 2.75) is 64.2 Å². The van der Waals surface area contributed by atoms with E-state index in [0.717, 1.165) is 17.1 Å². The lowest BCUT2D eigenvalue weighted by Crippen LogP contribution is -2.17. The predicted octanol–water partition coefficient (Wildman–Crippen LogP) is 16.5. The molecule has 0 N–H and O–H groups in total. The zero-order chi connectivity index (χ0) is 39.9. The zero-order valence-corrected chi connectivity index (χ0v) is 34.5. The molecule has 1 heteroatoms. The molecule has 0 heterocycles. The second-order valence-corrected chi connectivity index (χ2v) is 17.2. The highest BCUT2D eigenvalue weighted by Crippen LogP contribution is 2.53. The molecule has 8 aromatic rings. The van der Waals surface area contributed by atoms with E-state index in [-0.39, 0.29) is 5.41 Å². The fraction of sp³-hybridized carbons (Fsp3) is 0.172. The van der Waals surface area contributed by atoms with Crippen LogP contribution < -0.4 is 4.90 Å². The van der Waals surface area contributed by atoms with Gasteiger partial charge in [-0.25, -0.2) is 0 Å². The van der Waals surface area contributed by atoms with Crippen molar-refractivity contribution in [1.29, 1.82) is 0 Å². The van der Waals surface area contributed by atoms with Crippen LogP contribution in [0.25, 0.3) is 55.6 Å². The van der Waals surface area contributed by atoms with Crippen molar-refractivity contribution < 1.29 is 0 Å². The van der Waals surface area contributed by atoms with Gasteiger partial charge < -0.3 is 4.90 Å². The van der Waals surface area contributed by atoms with Crippen molar-refractivity contribution in [3.63, 3.8) is 0 Å². The zero-order valence-electron chi connectivity index (χ0n) is 34.5. The second-order valence-electron chi connectivity index (χ2n) is 17.2. The van der Waals surface area contributed by atoms with Crippen molar-refractivity contribution in [2.75, 3.05) is 4.90 Å². The first-order chi connectivity index (χ1) is 29.0. The van der Waals surface area contributed by atoms with Gasteiger partial charge in [0.2, 0.25) is 0 Å². The largest absolute Gasteiger partial charge is 0.310 e. The van der Waals surface area contributed by atoms with E-state index in [0.29, 0.717) is 5.92 Å². The topological polar surface area (TPSA) is 3.24 Å². The third-order valence-corrected chi connectivity index (χ3v) is 13.3. The van der Waals surface area contributed by atoms with E-state index in [2.05, 4.69) is 214 Å². The average molecular weight is 762 g/mol. The van der Waals surface area contributed by atoms with Gasteiger partial charge in [-0.1, -0.05) is 191 Å². The summed E-state index contributed by atoms with van der Waals surface area (Å²) >= 11 is 0. The highest BCUT2D eigenvalue weighted by molar-refractivity contribution is 5.97. The highest BCUT2D eigenvalue weighted by Gasteiger charge is 2.37. The third-order valence-electron chi connectivity index (χ3n) is 13.3. The van der Waals surface area contributed by atoms with Gasteiger partial charge in [-0.2, -0.15) is 0 Å². The summed E-state index contributed by atoms with van der Waals surface area (Å²) < 4.78 is 0. The second kappa shape index (κ2) is 15.4. The van der Waals surface area contributed by atoms with E-state index in [1.807, 2.05) is 0 Å². The number of nitrogens with zero attached hydrogens (tertiary/aromatic N) is 1. The molecule has 0 radical (unpaired) electrons. The van der Waals surface area contributed by atoms with Crippen LogP contribution in [0.2, 0.25) is 0 Å². The maximum Gasteiger partial charge on any atom is 0.0540 e. The standard InChI is InChI=1S/C58H51N/c1-40-17-16-27-54-57(40)53-38-37-47(39-55(53)58(54,2)3)59(46-35-33-44(34-36-46)43-31-29-42(30-32-43)41-18-6-4-7-19-41)56-28-15-14-26-52(56)51-25-13-12-24-50(51)49-23-11-10-22-48(49)45-20-8-5-9-21-45/h5,8-17,20-39,41H,4,6-7,18-19H2,1-3H3. The highest BCUT2D eigenvalue weighted by atomic mass is 15.1. The van der Waals surface area contributed by atoms with Crippen LogP contribution in [0.4, 0.5) is 17.1 Å². The molecule has 0 atom stereocenters. The van der Waals surface area contributed by atoms with Gasteiger partial charge in [0, 0.05) is 22.4 Å².